The Morgan fingerprint density at radius 2 is 1.68 bits per heavy atom. The second-order valence-electron chi connectivity index (χ2n) is 9.43. The van der Waals surface area contributed by atoms with Gasteiger partial charge in [0, 0.05) is 30.4 Å². The molecule has 2 aliphatic rings. The molecule has 1 saturated carbocycles. The maximum atomic E-state index is 13.3. The van der Waals surface area contributed by atoms with Crippen LogP contribution in [0.1, 0.15) is 71.5 Å². The minimum Gasteiger partial charge on any atom is -0.393 e. The number of nitrogens with one attached hydrogen (secondary N) is 2. The molecule has 178 valence electrons. The lowest BCUT2D eigenvalue weighted by Gasteiger charge is -2.32. The van der Waals surface area contributed by atoms with Gasteiger partial charge >= 0.3 is 6.03 Å². The number of aliphatic hydroxyl groups excluding tert-OH is 1. The molecule has 2 fully saturated rings. The monoisotopic (exact) mass is 460 g/mol. The Morgan fingerprint density at radius 3 is 2.32 bits per heavy atom. The Kier molecular flexibility index (Phi) is 7.49. The highest BCUT2D eigenvalue weighted by Gasteiger charge is 2.26. The van der Waals surface area contributed by atoms with Crippen molar-refractivity contribution in [1.82, 2.24) is 10.2 Å². The number of urea groups is 1. The molecular weight excluding hydrogens is 428 g/mol. The van der Waals surface area contributed by atoms with Crippen LogP contribution >= 0.6 is 0 Å². The predicted molar refractivity (Wildman–Crippen MR) is 131 cm³/mol. The molecule has 0 unspecified atom stereocenters. The second kappa shape index (κ2) is 10.7. The van der Waals surface area contributed by atoms with Crippen molar-refractivity contribution in [3.05, 3.63) is 64.7 Å². The average molecular weight is 461 g/mol. The van der Waals surface area contributed by atoms with E-state index in [4.69, 9.17) is 5.26 Å². The van der Waals surface area contributed by atoms with Crippen molar-refractivity contribution in [2.75, 3.05) is 18.4 Å². The lowest BCUT2D eigenvalue weighted by Crippen LogP contribution is -2.41. The largest absolute Gasteiger partial charge is 0.393 e. The number of piperidine rings is 1. The summed E-state index contributed by atoms with van der Waals surface area (Å²) in [5.41, 5.74) is 3.95. The fraction of sp³-hybridized carbons (Fsp3) is 0.444. The second-order valence-corrected chi connectivity index (χ2v) is 9.43. The van der Waals surface area contributed by atoms with Gasteiger partial charge in [-0.2, -0.15) is 5.26 Å². The van der Waals surface area contributed by atoms with E-state index in [2.05, 4.69) is 16.7 Å². The van der Waals surface area contributed by atoms with Gasteiger partial charge in [-0.3, -0.25) is 4.79 Å². The number of aliphatic hydroxyl groups is 1. The first-order valence-corrected chi connectivity index (χ1v) is 12.1. The highest BCUT2D eigenvalue weighted by Crippen LogP contribution is 2.29. The van der Waals surface area contributed by atoms with E-state index in [1.54, 1.807) is 6.07 Å². The van der Waals surface area contributed by atoms with Crippen LogP contribution in [0.5, 0.6) is 0 Å². The molecule has 0 atom stereocenters. The van der Waals surface area contributed by atoms with Crippen molar-refractivity contribution in [2.45, 2.75) is 63.5 Å². The van der Waals surface area contributed by atoms with Crippen LogP contribution in [0.25, 0.3) is 0 Å². The number of anilines is 1. The molecule has 1 saturated heterocycles. The Labute approximate surface area is 200 Å². The molecule has 0 aromatic heterocycles. The summed E-state index contributed by atoms with van der Waals surface area (Å²) in [6, 6.07) is 15.1. The fourth-order valence-corrected chi connectivity index (χ4v) is 4.92. The topological polar surface area (TPSA) is 105 Å². The van der Waals surface area contributed by atoms with Crippen molar-refractivity contribution in [3.63, 3.8) is 0 Å². The molecule has 3 N–H and O–H groups in total. The van der Waals surface area contributed by atoms with Gasteiger partial charge in [0.25, 0.3) is 5.91 Å². The van der Waals surface area contributed by atoms with E-state index in [0.29, 0.717) is 48.7 Å². The van der Waals surface area contributed by atoms with E-state index in [0.717, 1.165) is 31.2 Å². The standard InChI is InChI=1S/C27H32N4O3/c1-18-2-7-23(30-27(34)29-22-8-10-24(32)11-9-22)16-25(18)26(33)31-14-12-21(13-15-31)20-5-3-19(17-28)4-6-20/h2-7,16,21-22,24,32H,8-15H2,1H3,(H2,29,30,34)/t22-,24+. The van der Waals surface area contributed by atoms with E-state index in [1.807, 2.05) is 48.2 Å². The number of hydrogen-bond donors (Lipinski definition) is 3. The number of carbonyl (C=O) groups excluding carboxylic acids is 2. The average Bonchev–Trinajstić information content (AvgIpc) is 2.86. The molecular formula is C27H32N4O3. The molecule has 4 rings (SSSR count). The molecule has 2 aromatic rings. The summed E-state index contributed by atoms with van der Waals surface area (Å²) in [5.74, 6) is 0.372. The molecule has 1 heterocycles. The predicted octanol–water partition coefficient (Wildman–Crippen LogP) is 4.31. The van der Waals surface area contributed by atoms with Gasteiger partial charge in [0.05, 0.1) is 17.7 Å². The summed E-state index contributed by atoms with van der Waals surface area (Å²) in [4.78, 5) is 27.6. The van der Waals surface area contributed by atoms with E-state index < -0.39 is 0 Å². The third-order valence-electron chi connectivity index (χ3n) is 7.05. The highest BCUT2D eigenvalue weighted by molar-refractivity contribution is 5.98. The number of carbonyl (C=O) groups is 2. The third kappa shape index (κ3) is 5.75. The van der Waals surface area contributed by atoms with Crippen molar-refractivity contribution >= 4 is 17.6 Å². The fourth-order valence-electron chi connectivity index (χ4n) is 4.92. The van der Waals surface area contributed by atoms with E-state index in [-0.39, 0.29) is 24.1 Å². The lowest BCUT2D eigenvalue weighted by atomic mass is 9.88. The minimum absolute atomic E-state index is 0.0129. The van der Waals surface area contributed by atoms with Crippen LogP contribution in [-0.2, 0) is 0 Å². The number of benzene rings is 2. The molecule has 0 spiro atoms. The first-order valence-electron chi connectivity index (χ1n) is 12.1. The number of nitriles is 1. The lowest BCUT2D eigenvalue weighted by molar-refractivity contribution is 0.0712. The van der Waals surface area contributed by atoms with Crippen LogP contribution in [0.2, 0.25) is 0 Å². The van der Waals surface area contributed by atoms with Crippen molar-refractivity contribution in [2.24, 2.45) is 0 Å². The number of likely N-dealkylation sites (tertiary alicyclic amines) is 1. The van der Waals surface area contributed by atoms with Crippen molar-refractivity contribution in [3.8, 4) is 6.07 Å². The first kappa shape index (κ1) is 23.8. The zero-order chi connectivity index (χ0) is 24.1. The van der Waals surface area contributed by atoms with Gasteiger partial charge < -0.3 is 20.6 Å². The first-order chi connectivity index (χ1) is 16.4. The summed E-state index contributed by atoms with van der Waals surface area (Å²) in [6.07, 6.45) is 4.45. The van der Waals surface area contributed by atoms with Crippen molar-refractivity contribution in [1.29, 1.82) is 5.26 Å². The minimum atomic E-state index is -0.285. The summed E-state index contributed by atoms with van der Waals surface area (Å²) >= 11 is 0. The quantitative estimate of drug-likeness (QED) is 0.632. The van der Waals surface area contributed by atoms with Crippen molar-refractivity contribution < 1.29 is 14.7 Å². The SMILES string of the molecule is Cc1ccc(NC(=O)N[C@H]2CC[C@@H](O)CC2)cc1C(=O)N1CCC(c2ccc(C#N)cc2)CC1. The summed E-state index contributed by atoms with van der Waals surface area (Å²) < 4.78 is 0. The molecule has 1 aliphatic heterocycles. The van der Waals surface area contributed by atoms with Gasteiger partial charge in [-0.05, 0) is 86.8 Å². The number of aryl methyl sites for hydroxylation is 1. The van der Waals surface area contributed by atoms with Crippen LogP contribution < -0.4 is 10.6 Å². The number of nitrogens with zero attached hydrogens (tertiary/aromatic N) is 2. The number of hydrogen-bond acceptors (Lipinski definition) is 4. The maximum absolute atomic E-state index is 13.3. The molecule has 7 heteroatoms. The van der Waals surface area contributed by atoms with E-state index in [9.17, 15) is 14.7 Å². The van der Waals surface area contributed by atoms with Crippen LogP contribution in [-0.4, -0.2) is 47.2 Å². The van der Waals surface area contributed by atoms with Gasteiger partial charge in [-0.1, -0.05) is 18.2 Å². The van der Waals surface area contributed by atoms with E-state index >= 15 is 0 Å². The molecule has 1 aliphatic carbocycles. The summed E-state index contributed by atoms with van der Waals surface area (Å²) in [7, 11) is 0. The molecule has 7 nitrogen and oxygen atoms in total. The van der Waals surface area contributed by atoms with Crippen LogP contribution in [0, 0.1) is 18.3 Å². The van der Waals surface area contributed by atoms with Gasteiger partial charge in [0.15, 0.2) is 0 Å². The molecule has 3 amide bonds. The Morgan fingerprint density at radius 1 is 1.00 bits per heavy atom. The number of rotatable bonds is 4. The Bertz CT molecular complexity index is 1060. The van der Waals surface area contributed by atoms with Crippen LogP contribution in [0.4, 0.5) is 10.5 Å². The third-order valence-corrected chi connectivity index (χ3v) is 7.05. The Balaban J connectivity index is 1.34. The number of amides is 3. The van der Waals surface area contributed by atoms with Crippen LogP contribution in [0.15, 0.2) is 42.5 Å². The molecule has 34 heavy (non-hydrogen) atoms. The zero-order valence-electron chi connectivity index (χ0n) is 19.6. The molecule has 0 bridgehead atoms. The maximum Gasteiger partial charge on any atom is 0.319 e. The molecule has 0 radical (unpaired) electrons. The normalized spacial score (nSPS) is 20.9. The summed E-state index contributed by atoms with van der Waals surface area (Å²) in [5, 5.41) is 24.4. The zero-order valence-corrected chi connectivity index (χ0v) is 19.6. The highest BCUT2D eigenvalue weighted by atomic mass is 16.3. The van der Waals surface area contributed by atoms with Gasteiger partial charge in [0.1, 0.15) is 0 Å². The Hall–Kier alpha value is -3.37. The smallest absolute Gasteiger partial charge is 0.319 e. The molecule has 2 aromatic carbocycles. The van der Waals surface area contributed by atoms with Gasteiger partial charge in [-0.15, -0.1) is 0 Å². The van der Waals surface area contributed by atoms with Gasteiger partial charge in [0.2, 0.25) is 0 Å². The van der Waals surface area contributed by atoms with Crippen LogP contribution in [0.3, 0.4) is 0 Å². The van der Waals surface area contributed by atoms with Gasteiger partial charge in [-0.25, -0.2) is 4.79 Å². The summed E-state index contributed by atoms with van der Waals surface area (Å²) in [6.45, 7) is 3.26. The van der Waals surface area contributed by atoms with E-state index in [1.165, 1.54) is 5.56 Å².